The number of carbonyl (C=O) groups is 3. The SMILES string of the molecule is CC(C)C(NC(=O)NCC(C)(C)O)C(=O)N1CCC(OCOC(=O)[C@H](C)O)(c2ccc(Cl)cc2)C(C)(C)C1. The van der Waals surface area contributed by atoms with Crippen LogP contribution in [0.4, 0.5) is 4.79 Å². The van der Waals surface area contributed by atoms with Crippen molar-refractivity contribution >= 4 is 29.5 Å². The summed E-state index contributed by atoms with van der Waals surface area (Å²) in [5, 5.41) is 25.3. The molecule has 1 heterocycles. The van der Waals surface area contributed by atoms with E-state index < -0.39 is 40.8 Å². The number of halogens is 1. The number of nitrogens with zero attached hydrogens (tertiary/aromatic N) is 1. The number of amides is 3. The predicted octanol–water partition coefficient (Wildman–Crippen LogP) is 2.79. The molecule has 214 valence electrons. The van der Waals surface area contributed by atoms with Crippen molar-refractivity contribution in [3.63, 3.8) is 0 Å². The van der Waals surface area contributed by atoms with Gasteiger partial charge in [-0.2, -0.15) is 0 Å². The highest BCUT2D eigenvalue weighted by molar-refractivity contribution is 6.30. The van der Waals surface area contributed by atoms with Gasteiger partial charge in [0.05, 0.1) is 5.60 Å². The van der Waals surface area contributed by atoms with Crippen LogP contribution in [-0.4, -0.2) is 77.2 Å². The Balaban J connectivity index is 2.25. The number of aliphatic hydroxyl groups excluding tert-OH is 1. The number of carbonyl (C=O) groups excluding carboxylic acids is 3. The molecule has 0 bridgehead atoms. The highest BCUT2D eigenvalue weighted by Crippen LogP contribution is 2.49. The first-order chi connectivity index (χ1) is 17.5. The molecule has 11 heteroatoms. The summed E-state index contributed by atoms with van der Waals surface area (Å²) in [7, 11) is 0. The van der Waals surface area contributed by atoms with Crippen LogP contribution in [-0.2, 0) is 24.7 Å². The number of piperidine rings is 1. The second kappa shape index (κ2) is 12.6. The second-order valence-corrected chi connectivity index (χ2v) is 11.9. The van der Waals surface area contributed by atoms with Gasteiger partial charge < -0.3 is 35.2 Å². The van der Waals surface area contributed by atoms with Crippen LogP contribution in [0.5, 0.6) is 0 Å². The Morgan fingerprint density at radius 2 is 1.76 bits per heavy atom. The molecule has 0 saturated carbocycles. The summed E-state index contributed by atoms with van der Waals surface area (Å²) in [6.45, 7) is 12.4. The van der Waals surface area contributed by atoms with Gasteiger partial charge in [0.15, 0.2) is 6.79 Å². The predicted molar refractivity (Wildman–Crippen MR) is 143 cm³/mol. The number of likely N-dealkylation sites (tertiary alicyclic amines) is 1. The number of rotatable bonds is 10. The maximum Gasteiger partial charge on any atom is 0.336 e. The molecule has 38 heavy (non-hydrogen) atoms. The Morgan fingerprint density at radius 3 is 2.26 bits per heavy atom. The van der Waals surface area contributed by atoms with Crippen molar-refractivity contribution in [1.29, 1.82) is 0 Å². The Hall–Kier alpha value is -2.40. The van der Waals surface area contributed by atoms with Crippen LogP contribution in [0.2, 0.25) is 5.02 Å². The summed E-state index contributed by atoms with van der Waals surface area (Å²) < 4.78 is 11.4. The minimum atomic E-state index is -1.28. The van der Waals surface area contributed by atoms with E-state index in [2.05, 4.69) is 10.6 Å². The smallest absolute Gasteiger partial charge is 0.336 e. The lowest BCUT2D eigenvalue weighted by molar-refractivity contribution is -0.221. The zero-order valence-electron chi connectivity index (χ0n) is 23.3. The summed E-state index contributed by atoms with van der Waals surface area (Å²) in [5.74, 6) is -1.20. The maximum absolute atomic E-state index is 13.6. The lowest BCUT2D eigenvalue weighted by Gasteiger charge is -2.53. The minimum Gasteiger partial charge on any atom is -0.437 e. The van der Waals surface area contributed by atoms with Gasteiger partial charge in [-0.3, -0.25) is 4.79 Å². The summed E-state index contributed by atoms with van der Waals surface area (Å²) >= 11 is 6.12. The molecule has 10 nitrogen and oxygen atoms in total. The first-order valence-corrected chi connectivity index (χ1v) is 13.2. The van der Waals surface area contributed by atoms with Crippen LogP contribution in [0.15, 0.2) is 24.3 Å². The molecular formula is C27H42ClN3O7. The third-order valence-electron chi connectivity index (χ3n) is 6.78. The average Bonchev–Trinajstić information content (AvgIpc) is 2.81. The van der Waals surface area contributed by atoms with Gasteiger partial charge in [-0.25, -0.2) is 9.59 Å². The van der Waals surface area contributed by atoms with E-state index in [9.17, 15) is 24.6 Å². The van der Waals surface area contributed by atoms with Crippen LogP contribution in [0.3, 0.4) is 0 Å². The molecule has 1 aromatic carbocycles. The van der Waals surface area contributed by atoms with Gasteiger partial charge >= 0.3 is 12.0 Å². The number of hydrogen-bond acceptors (Lipinski definition) is 7. The van der Waals surface area contributed by atoms with Gasteiger partial charge in [0.1, 0.15) is 17.7 Å². The van der Waals surface area contributed by atoms with Gasteiger partial charge in [-0.1, -0.05) is 51.4 Å². The van der Waals surface area contributed by atoms with E-state index in [0.29, 0.717) is 24.5 Å². The first kappa shape index (κ1) is 31.8. The van der Waals surface area contributed by atoms with Gasteiger partial charge in [0.25, 0.3) is 0 Å². The standard InChI is InChI=1S/C27H42ClN3O7/c1-17(2)21(30-24(35)29-14-26(6,7)36)22(33)31-13-12-27(25(4,5)15-31,19-8-10-20(28)11-9-19)38-16-37-23(34)18(3)32/h8-11,17-18,21,32,36H,12-16H2,1-7H3,(H2,29,30,35)/t18-,21?,27?/m0/s1. The largest absolute Gasteiger partial charge is 0.437 e. The number of benzene rings is 1. The highest BCUT2D eigenvalue weighted by Gasteiger charge is 2.53. The average molecular weight is 556 g/mol. The lowest BCUT2D eigenvalue weighted by atomic mass is 9.66. The van der Waals surface area contributed by atoms with E-state index in [1.54, 1.807) is 30.9 Å². The van der Waals surface area contributed by atoms with Crippen LogP contribution in [0, 0.1) is 11.3 Å². The van der Waals surface area contributed by atoms with E-state index >= 15 is 0 Å². The zero-order valence-corrected chi connectivity index (χ0v) is 24.1. The molecule has 2 unspecified atom stereocenters. The molecule has 1 fully saturated rings. The molecule has 0 aromatic heterocycles. The quantitative estimate of drug-likeness (QED) is 0.257. The molecule has 1 aromatic rings. The summed E-state index contributed by atoms with van der Waals surface area (Å²) in [6.07, 6.45) is -0.895. The number of aliphatic hydroxyl groups is 2. The number of urea groups is 1. The molecule has 0 radical (unpaired) electrons. The number of hydrogen-bond donors (Lipinski definition) is 4. The van der Waals surface area contributed by atoms with Crippen molar-refractivity contribution in [3.05, 3.63) is 34.9 Å². The number of esters is 1. The highest BCUT2D eigenvalue weighted by atomic mass is 35.5. The normalized spacial score (nSPS) is 21.0. The molecule has 1 aliphatic rings. The molecular weight excluding hydrogens is 514 g/mol. The Bertz CT molecular complexity index is 976. The van der Waals surface area contributed by atoms with Gasteiger partial charge in [-0.15, -0.1) is 0 Å². The van der Waals surface area contributed by atoms with Crippen LogP contribution in [0.25, 0.3) is 0 Å². The fourth-order valence-electron chi connectivity index (χ4n) is 4.62. The third-order valence-corrected chi connectivity index (χ3v) is 7.04. The van der Waals surface area contributed by atoms with Gasteiger partial charge in [-0.05, 0) is 50.8 Å². The molecule has 3 atom stereocenters. The molecule has 0 aliphatic carbocycles. The fraction of sp³-hybridized carbons (Fsp3) is 0.667. The van der Waals surface area contributed by atoms with Crippen molar-refractivity contribution in [3.8, 4) is 0 Å². The molecule has 1 saturated heterocycles. The van der Waals surface area contributed by atoms with Crippen molar-refractivity contribution in [1.82, 2.24) is 15.5 Å². The zero-order chi connectivity index (χ0) is 28.9. The van der Waals surface area contributed by atoms with E-state index in [1.807, 2.05) is 39.8 Å². The molecule has 3 amide bonds. The van der Waals surface area contributed by atoms with Crippen molar-refractivity contribution in [2.24, 2.45) is 11.3 Å². The van der Waals surface area contributed by atoms with E-state index in [-0.39, 0.29) is 25.2 Å². The maximum atomic E-state index is 13.6. The molecule has 1 aliphatic heterocycles. The van der Waals surface area contributed by atoms with E-state index in [4.69, 9.17) is 21.1 Å². The summed E-state index contributed by atoms with van der Waals surface area (Å²) in [5.41, 5.74) is -1.86. The Morgan fingerprint density at radius 1 is 1.16 bits per heavy atom. The van der Waals surface area contributed by atoms with Crippen molar-refractivity contribution in [2.45, 2.75) is 78.2 Å². The van der Waals surface area contributed by atoms with Gasteiger partial charge in [0, 0.05) is 30.1 Å². The minimum absolute atomic E-state index is 0.0369. The lowest BCUT2D eigenvalue weighted by Crippen LogP contribution is -2.62. The monoisotopic (exact) mass is 555 g/mol. The number of nitrogens with one attached hydrogen (secondary N) is 2. The van der Waals surface area contributed by atoms with E-state index in [0.717, 1.165) is 5.56 Å². The van der Waals surface area contributed by atoms with Crippen molar-refractivity contribution < 1.29 is 34.1 Å². The molecule has 2 rings (SSSR count). The topological polar surface area (TPSA) is 137 Å². The molecule has 0 spiro atoms. The van der Waals surface area contributed by atoms with Crippen LogP contribution < -0.4 is 10.6 Å². The van der Waals surface area contributed by atoms with Gasteiger partial charge in [0.2, 0.25) is 5.91 Å². The Kier molecular flexibility index (Phi) is 10.6. The molecule has 4 N–H and O–H groups in total. The first-order valence-electron chi connectivity index (χ1n) is 12.8. The number of ether oxygens (including phenoxy) is 2. The van der Waals surface area contributed by atoms with Crippen molar-refractivity contribution in [2.75, 3.05) is 26.4 Å². The van der Waals surface area contributed by atoms with E-state index in [1.165, 1.54) is 6.92 Å². The second-order valence-electron chi connectivity index (χ2n) is 11.5. The Labute approximate surface area is 230 Å². The summed E-state index contributed by atoms with van der Waals surface area (Å²) in [6, 6.07) is 5.90. The fourth-order valence-corrected chi connectivity index (χ4v) is 4.74. The van der Waals surface area contributed by atoms with Crippen LogP contribution in [0.1, 0.15) is 60.5 Å². The summed E-state index contributed by atoms with van der Waals surface area (Å²) in [4.78, 5) is 39.6. The van der Waals surface area contributed by atoms with Crippen LogP contribution >= 0.6 is 11.6 Å². The third kappa shape index (κ3) is 8.05.